The van der Waals surface area contributed by atoms with Gasteiger partial charge in [-0.2, -0.15) is 0 Å². The van der Waals surface area contributed by atoms with Crippen molar-refractivity contribution in [1.82, 2.24) is 10.2 Å². The highest BCUT2D eigenvalue weighted by Gasteiger charge is 2.07. The van der Waals surface area contributed by atoms with E-state index in [0.717, 1.165) is 15.6 Å². The van der Waals surface area contributed by atoms with Crippen LogP contribution in [0, 0.1) is 6.92 Å². The molecule has 0 amide bonds. The zero-order valence-electron chi connectivity index (χ0n) is 7.29. The topological polar surface area (TPSA) is 38.9 Å². The summed E-state index contributed by atoms with van der Waals surface area (Å²) < 4.78 is 6.09. The van der Waals surface area contributed by atoms with Crippen LogP contribution in [0.2, 0.25) is 5.35 Å². The number of aromatic nitrogens is 2. The summed E-state index contributed by atoms with van der Waals surface area (Å²) in [6, 6.07) is 5.79. The molecule has 0 spiro atoms. The number of nitrogens with zero attached hydrogens (tertiary/aromatic N) is 2. The van der Waals surface area contributed by atoms with Crippen LogP contribution < -0.4 is 0 Å². The van der Waals surface area contributed by atoms with Gasteiger partial charge in [-0.1, -0.05) is 27.1 Å². The van der Waals surface area contributed by atoms with Gasteiger partial charge in [-0.15, -0.1) is 5.10 Å². The Labute approximate surface area is 94.2 Å². The largest absolute Gasteiger partial charge is 0.407 e. The van der Waals surface area contributed by atoms with E-state index in [-0.39, 0.29) is 5.35 Å². The average Bonchev–Trinajstić information content (AvgIpc) is 2.57. The molecule has 0 aliphatic heterocycles. The molecular weight excluding hydrogens is 267 g/mol. The minimum atomic E-state index is 0.0525. The minimum absolute atomic E-state index is 0.0525. The number of aryl methyl sites for hydroxylation is 1. The molecule has 0 saturated carbocycles. The fourth-order valence-corrected chi connectivity index (χ4v) is 1.54. The Morgan fingerprint density at radius 2 is 2.14 bits per heavy atom. The fraction of sp³-hybridized carbons (Fsp3) is 0.111. The number of rotatable bonds is 1. The van der Waals surface area contributed by atoms with Gasteiger partial charge in [-0.3, -0.25) is 0 Å². The van der Waals surface area contributed by atoms with Crippen molar-refractivity contribution in [3.05, 3.63) is 33.6 Å². The van der Waals surface area contributed by atoms with Gasteiger partial charge >= 0.3 is 5.35 Å². The summed E-state index contributed by atoms with van der Waals surface area (Å²) in [4.78, 5) is 0. The van der Waals surface area contributed by atoms with Crippen LogP contribution in [0.3, 0.4) is 0 Å². The summed E-state index contributed by atoms with van der Waals surface area (Å²) in [6.07, 6.45) is 0. The Hall–Kier alpha value is -0.870. The van der Waals surface area contributed by atoms with Crippen molar-refractivity contribution in [2.24, 2.45) is 0 Å². The lowest BCUT2D eigenvalue weighted by molar-refractivity contribution is 0.571. The van der Waals surface area contributed by atoms with Crippen LogP contribution in [0.1, 0.15) is 5.56 Å². The monoisotopic (exact) mass is 272 g/mol. The molecule has 0 unspecified atom stereocenters. The highest BCUT2D eigenvalue weighted by atomic mass is 79.9. The fourth-order valence-electron chi connectivity index (χ4n) is 1.05. The average molecular weight is 274 g/mol. The van der Waals surface area contributed by atoms with Crippen molar-refractivity contribution in [2.75, 3.05) is 0 Å². The molecular formula is C9H6BrClN2O. The molecule has 0 bridgehead atoms. The maximum atomic E-state index is 5.53. The highest BCUT2D eigenvalue weighted by Crippen LogP contribution is 2.25. The van der Waals surface area contributed by atoms with Gasteiger partial charge in [0.15, 0.2) is 0 Å². The SMILES string of the molecule is Cc1ccc(-c2nnc(Cl)o2)cc1Br. The third kappa shape index (κ3) is 1.81. The number of halogens is 2. The maximum absolute atomic E-state index is 5.53. The van der Waals surface area contributed by atoms with E-state index in [1.54, 1.807) is 0 Å². The lowest BCUT2D eigenvalue weighted by Gasteiger charge is -1.99. The summed E-state index contributed by atoms with van der Waals surface area (Å²) in [5.74, 6) is 0.427. The van der Waals surface area contributed by atoms with E-state index < -0.39 is 0 Å². The molecule has 5 heteroatoms. The van der Waals surface area contributed by atoms with Gasteiger partial charge in [-0.25, -0.2) is 0 Å². The first-order chi connectivity index (χ1) is 6.66. The minimum Gasteiger partial charge on any atom is -0.407 e. The highest BCUT2D eigenvalue weighted by molar-refractivity contribution is 9.10. The molecule has 72 valence electrons. The molecule has 1 aromatic heterocycles. The zero-order valence-corrected chi connectivity index (χ0v) is 9.63. The maximum Gasteiger partial charge on any atom is 0.313 e. The lowest BCUT2D eigenvalue weighted by Crippen LogP contribution is -1.80. The first-order valence-electron chi connectivity index (χ1n) is 3.92. The number of benzene rings is 1. The van der Waals surface area contributed by atoms with Crippen molar-refractivity contribution >= 4 is 27.5 Å². The molecule has 0 aliphatic carbocycles. The molecule has 2 aromatic rings. The van der Waals surface area contributed by atoms with Crippen LogP contribution >= 0.6 is 27.5 Å². The van der Waals surface area contributed by atoms with Gasteiger partial charge in [0, 0.05) is 10.0 Å². The van der Waals surface area contributed by atoms with Gasteiger partial charge in [0.05, 0.1) is 0 Å². The molecule has 0 saturated heterocycles. The van der Waals surface area contributed by atoms with Crippen LogP contribution in [0.5, 0.6) is 0 Å². The van der Waals surface area contributed by atoms with Crippen molar-refractivity contribution < 1.29 is 4.42 Å². The standard InChI is InChI=1S/C9H6BrClN2O/c1-5-2-3-6(4-7(5)10)8-12-13-9(11)14-8/h2-4H,1H3. The van der Waals surface area contributed by atoms with Crippen molar-refractivity contribution in [3.8, 4) is 11.5 Å². The normalized spacial score (nSPS) is 10.5. The third-order valence-electron chi connectivity index (χ3n) is 1.82. The smallest absolute Gasteiger partial charge is 0.313 e. The van der Waals surface area contributed by atoms with E-state index in [2.05, 4.69) is 26.1 Å². The first kappa shape index (κ1) is 9.68. The van der Waals surface area contributed by atoms with Crippen LogP contribution in [0.4, 0.5) is 0 Å². The Bertz CT molecular complexity index is 470. The molecule has 0 N–H and O–H groups in total. The molecule has 2 rings (SSSR count). The lowest BCUT2D eigenvalue weighted by atomic mass is 10.1. The Balaban J connectivity index is 2.47. The van der Waals surface area contributed by atoms with Gasteiger partial charge in [0.2, 0.25) is 5.89 Å². The van der Waals surface area contributed by atoms with Gasteiger partial charge in [-0.05, 0) is 36.2 Å². The predicted molar refractivity (Wildman–Crippen MR) is 57.2 cm³/mol. The van der Waals surface area contributed by atoms with E-state index in [9.17, 15) is 0 Å². The molecule has 3 nitrogen and oxygen atoms in total. The Kier molecular flexibility index (Phi) is 2.56. The summed E-state index contributed by atoms with van der Waals surface area (Å²) in [5, 5.41) is 7.42. The number of hydrogen-bond donors (Lipinski definition) is 0. The first-order valence-corrected chi connectivity index (χ1v) is 5.09. The predicted octanol–water partition coefficient (Wildman–Crippen LogP) is 3.46. The molecule has 0 aliphatic rings. The van der Waals surface area contributed by atoms with E-state index in [4.69, 9.17) is 16.0 Å². The second kappa shape index (κ2) is 3.71. The molecule has 0 radical (unpaired) electrons. The summed E-state index contributed by atoms with van der Waals surface area (Å²) in [7, 11) is 0. The Morgan fingerprint density at radius 3 is 2.71 bits per heavy atom. The van der Waals surface area contributed by atoms with E-state index in [1.165, 1.54) is 0 Å². The van der Waals surface area contributed by atoms with Crippen LogP contribution in [-0.4, -0.2) is 10.2 Å². The van der Waals surface area contributed by atoms with E-state index in [0.29, 0.717) is 5.89 Å². The molecule has 0 fully saturated rings. The van der Waals surface area contributed by atoms with E-state index in [1.807, 2.05) is 25.1 Å². The van der Waals surface area contributed by atoms with Crippen molar-refractivity contribution in [3.63, 3.8) is 0 Å². The summed E-state index contributed by atoms with van der Waals surface area (Å²) in [6.45, 7) is 2.01. The third-order valence-corrected chi connectivity index (χ3v) is 2.83. The summed E-state index contributed by atoms with van der Waals surface area (Å²) in [5.41, 5.74) is 2.00. The van der Waals surface area contributed by atoms with Crippen LogP contribution in [-0.2, 0) is 0 Å². The van der Waals surface area contributed by atoms with Gasteiger partial charge in [0.1, 0.15) is 0 Å². The zero-order chi connectivity index (χ0) is 10.1. The molecule has 0 atom stereocenters. The quantitative estimate of drug-likeness (QED) is 0.798. The molecule has 14 heavy (non-hydrogen) atoms. The van der Waals surface area contributed by atoms with Crippen molar-refractivity contribution in [1.29, 1.82) is 0 Å². The second-order valence-electron chi connectivity index (χ2n) is 2.82. The second-order valence-corrected chi connectivity index (χ2v) is 4.00. The van der Waals surface area contributed by atoms with Gasteiger partial charge in [0.25, 0.3) is 0 Å². The Morgan fingerprint density at radius 1 is 1.36 bits per heavy atom. The van der Waals surface area contributed by atoms with Gasteiger partial charge < -0.3 is 4.42 Å². The van der Waals surface area contributed by atoms with E-state index >= 15 is 0 Å². The number of hydrogen-bond acceptors (Lipinski definition) is 3. The van der Waals surface area contributed by atoms with Crippen molar-refractivity contribution in [2.45, 2.75) is 6.92 Å². The molecule has 1 heterocycles. The summed E-state index contributed by atoms with van der Waals surface area (Å²) >= 11 is 8.96. The van der Waals surface area contributed by atoms with Crippen LogP contribution in [0.25, 0.3) is 11.5 Å². The van der Waals surface area contributed by atoms with Crippen LogP contribution in [0.15, 0.2) is 27.1 Å². The molecule has 1 aromatic carbocycles.